The largest absolute Gasteiger partial charge is 0.394 e. The molecule has 0 saturated carbocycles. The Bertz CT molecular complexity index is 764. The highest BCUT2D eigenvalue weighted by Crippen LogP contribution is 2.54. The second-order valence-electron chi connectivity index (χ2n) is 6.58. The minimum absolute atomic E-state index is 0.128. The van der Waals surface area contributed by atoms with Gasteiger partial charge in [0.05, 0.1) is 22.4 Å². The number of fused-ring (bicyclic) bond motifs is 2. The normalized spacial score (nSPS) is 35.7. The summed E-state index contributed by atoms with van der Waals surface area (Å²) in [4.78, 5) is 9.30. The molecule has 0 spiro atoms. The fourth-order valence-electron chi connectivity index (χ4n) is 3.61. The molecule has 4 unspecified atom stereocenters. The highest BCUT2D eigenvalue weighted by Gasteiger charge is 2.64. The van der Waals surface area contributed by atoms with Crippen LogP contribution in [-0.4, -0.2) is 45.3 Å². The van der Waals surface area contributed by atoms with Crippen LogP contribution in [0.15, 0.2) is 11.7 Å². The Labute approximate surface area is 137 Å². The molecule has 2 aliphatic heterocycles. The van der Waals surface area contributed by atoms with E-state index < -0.39 is 17.5 Å². The summed E-state index contributed by atoms with van der Waals surface area (Å²) in [6, 6.07) is 0. The zero-order valence-electron chi connectivity index (χ0n) is 13.1. The van der Waals surface area contributed by atoms with Crippen molar-refractivity contribution in [3.8, 4) is 0 Å². The second kappa shape index (κ2) is 4.84. The summed E-state index contributed by atoms with van der Waals surface area (Å²) in [5.74, 6) is -0.282. The Morgan fingerprint density at radius 1 is 1.35 bits per heavy atom. The molecule has 4 atom stereocenters. The van der Waals surface area contributed by atoms with Gasteiger partial charge in [0.25, 0.3) is 0 Å². The van der Waals surface area contributed by atoms with E-state index in [4.69, 9.17) is 19.9 Å². The number of hydrogen-bond acceptors (Lipinski definition) is 8. The molecule has 4 heterocycles. The third-order valence-electron chi connectivity index (χ3n) is 4.48. The van der Waals surface area contributed by atoms with E-state index in [9.17, 15) is 5.11 Å². The van der Waals surface area contributed by atoms with Crippen LogP contribution in [0.5, 0.6) is 0 Å². The lowest BCUT2D eigenvalue weighted by Crippen LogP contribution is -2.40. The van der Waals surface area contributed by atoms with Crippen LogP contribution in [0.4, 0.5) is 5.82 Å². The summed E-state index contributed by atoms with van der Waals surface area (Å²) in [6.45, 7) is 5.57. The van der Waals surface area contributed by atoms with Crippen LogP contribution in [0.2, 0.25) is 0 Å². The molecule has 2 aromatic rings. The van der Waals surface area contributed by atoms with Gasteiger partial charge < -0.3 is 25.1 Å². The van der Waals surface area contributed by atoms with Gasteiger partial charge in [-0.15, -0.1) is 11.3 Å². The Kier molecular flexibility index (Phi) is 3.20. The van der Waals surface area contributed by atoms with Crippen molar-refractivity contribution in [3.63, 3.8) is 0 Å². The lowest BCUT2D eigenvalue weighted by Gasteiger charge is -2.29. The summed E-state index contributed by atoms with van der Waals surface area (Å²) in [7, 11) is 0. The van der Waals surface area contributed by atoms with Gasteiger partial charge in [-0.05, 0) is 20.8 Å². The van der Waals surface area contributed by atoms with E-state index in [1.165, 1.54) is 17.7 Å². The van der Waals surface area contributed by atoms with Crippen LogP contribution >= 0.6 is 11.3 Å². The number of nitrogens with two attached hydrogens (primary N) is 1. The molecule has 4 rings (SSSR count). The molecule has 0 radical (unpaired) electrons. The molecule has 7 nitrogen and oxygen atoms in total. The van der Waals surface area contributed by atoms with Crippen LogP contribution in [0.3, 0.4) is 0 Å². The molecule has 8 heteroatoms. The maximum Gasteiger partial charge on any atom is 0.164 e. The Balaban J connectivity index is 1.83. The van der Waals surface area contributed by atoms with Gasteiger partial charge in [-0.3, -0.25) is 0 Å². The zero-order chi connectivity index (χ0) is 16.4. The smallest absolute Gasteiger partial charge is 0.164 e. The summed E-state index contributed by atoms with van der Waals surface area (Å²) in [6.07, 6.45) is 0.275. The van der Waals surface area contributed by atoms with Gasteiger partial charge in [0.2, 0.25) is 0 Å². The molecule has 3 N–H and O–H groups in total. The predicted octanol–water partition coefficient (Wildman–Crippen LogP) is 1.62. The third-order valence-corrected chi connectivity index (χ3v) is 5.50. The van der Waals surface area contributed by atoms with E-state index in [0.29, 0.717) is 5.82 Å². The average Bonchev–Trinajstić information content (AvgIpc) is 3.07. The van der Waals surface area contributed by atoms with E-state index in [1.807, 2.05) is 26.2 Å². The molecule has 2 aliphatic rings. The number of aliphatic hydroxyl groups excluding tert-OH is 1. The highest BCUT2D eigenvalue weighted by atomic mass is 32.1. The maximum absolute atomic E-state index is 9.67. The molecular formula is C15H19N3O4S. The van der Waals surface area contributed by atoms with Crippen LogP contribution in [0.1, 0.15) is 31.8 Å². The molecule has 0 aromatic carbocycles. The fourth-order valence-corrected chi connectivity index (χ4v) is 4.77. The number of rotatable bonds is 2. The van der Waals surface area contributed by atoms with Crippen molar-refractivity contribution in [3.05, 3.63) is 16.6 Å². The molecule has 0 amide bonds. The number of ether oxygens (including phenoxy) is 3. The molecule has 0 aliphatic carbocycles. The Morgan fingerprint density at radius 3 is 2.87 bits per heavy atom. The van der Waals surface area contributed by atoms with E-state index in [-0.39, 0.29) is 18.8 Å². The van der Waals surface area contributed by atoms with Crippen molar-refractivity contribution < 1.29 is 19.3 Å². The summed E-state index contributed by atoms with van der Waals surface area (Å²) in [5.41, 5.74) is 5.99. The number of aliphatic hydroxyl groups is 1. The number of anilines is 1. The Morgan fingerprint density at radius 2 is 2.13 bits per heavy atom. The predicted molar refractivity (Wildman–Crippen MR) is 85.0 cm³/mol. The number of nitrogens with zero attached hydrogens (tertiary/aromatic N) is 2. The first-order valence-corrected chi connectivity index (χ1v) is 8.35. The van der Waals surface area contributed by atoms with E-state index in [2.05, 4.69) is 9.97 Å². The summed E-state index contributed by atoms with van der Waals surface area (Å²) < 4.78 is 18.2. The average molecular weight is 337 g/mol. The molecule has 2 saturated heterocycles. The number of nitrogen functional groups attached to an aromatic ring is 1. The maximum atomic E-state index is 9.67. The minimum Gasteiger partial charge on any atom is -0.394 e. The van der Waals surface area contributed by atoms with Crippen LogP contribution in [0, 0.1) is 0 Å². The minimum atomic E-state index is -0.726. The van der Waals surface area contributed by atoms with E-state index in [0.717, 1.165) is 15.8 Å². The number of aromatic nitrogens is 2. The lowest BCUT2D eigenvalue weighted by molar-refractivity contribution is -0.205. The Hall–Kier alpha value is -1.32. The molecule has 2 aromatic heterocycles. The van der Waals surface area contributed by atoms with Gasteiger partial charge in [0.1, 0.15) is 36.1 Å². The molecule has 124 valence electrons. The monoisotopic (exact) mass is 337 g/mol. The quantitative estimate of drug-likeness (QED) is 0.859. The molecule has 23 heavy (non-hydrogen) atoms. The zero-order valence-corrected chi connectivity index (χ0v) is 14.0. The highest BCUT2D eigenvalue weighted by molar-refractivity contribution is 7.11. The third kappa shape index (κ3) is 2.10. The first-order valence-electron chi connectivity index (χ1n) is 7.47. The SMILES string of the molecule is CC1(C)OC2C(CO)OC(c3scc4c(N)ncnc34)C2(C)O1. The lowest BCUT2D eigenvalue weighted by atomic mass is 9.91. The van der Waals surface area contributed by atoms with Gasteiger partial charge in [0.15, 0.2) is 5.79 Å². The van der Waals surface area contributed by atoms with E-state index >= 15 is 0 Å². The first kappa shape index (κ1) is 15.2. The van der Waals surface area contributed by atoms with Gasteiger partial charge >= 0.3 is 0 Å². The van der Waals surface area contributed by atoms with Crippen LogP contribution in [-0.2, 0) is 14.2 Å². The van der Waals surface area contributed by atoms with Gasteiger partial charge in [-0.25, -0.2) is 9.97 Å². The van der Waals surface area contributed by atoms with Crippen molar-refractivity contribution in [2.24, 2.45) is 0 Å². The van der Waals surface area contributed by atoms with E-state index in [1.54, 1.807) is 0 Å². The number of hydrogen-bond donors (Lipinski definition) is 2. The van der Waals surface area contributed by atoms with Crippen molar-refractivity contribution in [1.82, 2.24) is 9.97 Å². The summed E-state index contributed by atoms with van der Waals surface area (Å²) in [5, 5.41) is 12.4. The second-order valence-corrected chi connectivity index (χ2v) is 7.49. The van der Waals surface area contributed by atoms with Crippen LogP contribution < -0.4 is 5.73 Å². The molecular weight excluding hydrogens is 318 g/mol. The fraction of sp³-hybridized carbons (Fsp3) is 0.600. The topological polar surface area (TPSA) is 99.7 Å². The van der Waals surface area contributed by atoms with Gasteiger partial charge in [0, 0.05) is 5.38 Å². The van der Waals surface area contributed by atoms with Crippen LogP contribution in [0.25, 0.3) is 10.9 Å². The number of thiophene rings is 1. The van der Waals surface area contributed by atoms with Crippen molar-refractivity contribution in [2.45, 2.75) is 50.5 Å². The van der Waals surface area contributed by atoms with Gasteiger partial charge in [-0.2, -0.15) is 0 Å². The summed E-state index contributed by atoms with van der Waals surface area (Å²) >= 11 is 1.51. The van der Waals surface area contributed by atoms with Crippen molar-refractivity contribution in [1.29, 1.82) is 0 Å². The standard InChI is InChI=1S/C15H19N3O4S/c1-14(2)21-11-8(4-19)20-12(15(11,3)22-14)10-9-7(5-23-10)13(16)18-6-17-9/h5-6,8,11-12,19H,4H2,1-3H3,(H2,16,17,18). The molecule has 0 bridgehead atoms. The van der Waals surface area contributed by atoms with Gasteiger partial charge in [-0.1, -0.05) is 0 Å². The van der Waals surface area contributed by atoms with Crippen molar-refractivity contribution in [2.75, 3.05) is 12.3 Å². The van der Waals surface area contributed by atoms with Crippen molar-refractivity contribution >= 4 is 28.1 Å². The first-order chi connectivity index (χ1) is 10.9. The molecule has 2 fully saturated rings.